The summed E-state index contributed by atoms with van der Waals surface area (Å²) in [6.07, 6.45) is 7.06. The van der Waals surface area contributed by atoms with Crippen LogP contribution in [0.1, 0.15) is 50.5 Å². The first kappa shape index (κ1) is 23.3. The number of nitrogens with one attached hydrogen (secondary N) is 1. The summed E-state index contributed by atoms with van der Waals surface area (Å²) in [6, 6.07) is 10.3. The number of rotatable bonds is 8. The molecule has 1 aliphatic heterocycles. The van der Waals surface area contributed by atoms with E-state index in [1.807, 2.05) is 18.2 Å². The molecule has 5 aliphatic rings. The number of hydrogen-bond acceptors (Lipinski definition) is 5. The van der Waals surface area contributed by atoms with Crippen LogP contribution in [0.3, 0.4) is 0 Å². The van der Waals surface area contributed by atoms with Crippen LogP contribution in [0, 0.1) is 23.2 Å². The fourth-order valence-corrected chi connectivity index (χ4v) is 7.16. The van der Waals surface area contributed by atoms with E-state index in [1.54, 1.807) is 4.90 Å². The topological polar surface area (TPSA) is 78.9 Å². The molecule has 1 N–H and O–H groups in total. The molecule has 0 unspecified atom stereocenters. The van der Waals surface area contributed by atoms with E-state index in [9.17, 15) is 14.4 Å². The molecular formula is C27H37N3O4. The average Bonchev–Trinajstić information content (AvgIpc) is 2.83. The number of benzene rings is 1. The first-order valence-corrected chi connectivity index (χ1v) is 13.0. The van der Waals surface area contributed by atoms with Crippen molar-refractivity contribution in [3.63, 3.8) is 0 Å². The van der Waals surface area contributed by atoms with Crippen molar-refractivity contribution in [2.45, 2.75) is 51.5 Å². The lowest BCUT2D eigenvalue weighted by Crippen LogP contribution is -2.53. The van der Waals surface area contributed by atoms with Crippen molar-refractivity contribution in [3.8, 4) is 0 Å². The summed E-state index contributed by atoms with van der Waals surface area (Å²) < 4.78 is 5.22. The van der Waals surface area contributed by atoms with Crippen molar-refractivity contribution >= 4 is 17.8 Å². The van der Waals surface area contributed by atoms with Crippen LogP contribution in [-0.2, 0) is 25.7 Å². The Labute approximate surface area is 202 Å². The van der Waals surface area contributed by atoms with E-state index < -0.39 is 5.97 Å². The zero-order chi connectivity index (χ0) is 23.5. The Balaban J connectivity index is 0.977. The largest absolute Gasteiger partial charge is 0.456 e. The second kappa shape index (κ2) is 10.1. The van der Waals surface area contributed by atoms with Crippen LogP contribution in [0.5, 0.6) is 0 Å². The number of esters is 1. The molecule has 1 heterocycles. The average molecular weight is 468 g/mol. The zero-order valence-electron chi connectivity index (χ0n) is 20.0. The van der Waals surface area contributed by atoms with E-state index in [4.69, 9.17) is 4.74 Å². The minimum absolute atomic E-state index is 0.107. The third-order valence-corrected chi connectivity index (χ3v) is 8.47. The van der Waals surface area contributed by atoms with Gasteiger partial charge in [-0.3, -0.25) is 19.3 Å². The van der Waals surface area contributed by atoms with Crippen LogP contribution in [0.4, 0.5) is 0 Å². The molecule has 0 atom stereocenters. The van der Waals surface area contributed by atoms with Gasteiger partial charge >= 0.3 is 5.97 Å². The Morgan fingerprint density at radius 1 is 0.912 bits per heavy atom. The smallest absolute Gasteiger partial charge is 0.308 e. The molecule has 1 aromatic carbocycles. The molecule has 1 saturated heterocycles. The van der Waals surface area contributed by atoms with Crippen molar-refractivity contribution in [1.82, 2.24) is 15.1 Å². The summed E-state index contributed by atoms with van der Waals surface area (Å²) in [7, 11) is 0. The Kier molecular flexibility index (Phi) is 6.91. The maximum atomic E-state index is 13.0. The van der Waals surface area contributed by atoms with Crippen LogP contribution < -0.4 is 5.32 Å². The number of amides is 2. The van der Waals surface area contributed by atoms with E-state index in [-0.39, 0.29) is 36.8 Å². The Morgan fingerprint density at radius 3 is 2.15 bits per heavy atom. The van der Waals surface area contributed by atoms with E-state index in [0.717, 1.165) is 38.9 Å². The molecule has 1 aromatic rings. The number of hydrogen-bond donors (Lipinski definition) is 1. The third kappa shape index (κ3) is 5.29. The fourth-order valence-electron chi connectivity index (χ4n) is 7.16. The number of carbonyl (C=O) groups excluding carboxylic acids is 3. The van der Waals surface area contributed by atoms with Crippen LogP contribution in [0.25, 0.3) is 0 Å². The van der Waals surface area contributed by atoms with Crippen molar-refractivity contribution in [2.75, 3.05) is 39.3 Å². The molecule has 5 fully saturated rings. The molecule has 0 aromatic heterocycles. The van der Waals surface area contributed by atoms with Gasteiger partial charge in [-0.25, -0.2) is 0 Å². The molecular weight excluding hydrogens is 430 g/mol. The van der Waals surface area contributed by atoms with E-state index in [1.165, 1.54) is 24.8 Å². The summed E-state index contributed by atoms with van der Waals surface area (Å²) in [5, 5.41) is 3.01. The molecule has 4 bridgehead atoms. The van der Waals surface area contributed by atoms with E-state index in [2.05, 4.69) is 22.3 Å². The van der Waals surface area contributed by atoms with E-state index in [0.29, 0.717) is 30.8 Å². The van der Waals surface area contributed by atoms with Crippen molar-refractivity contribution in [1.29, 1.82) is 0 Å². The molecule has 0 radical (unpaired) electrons. The zero-order valence-corrected chi connectivity index (χ0v) is 20.0. The summed E-state index contributed by atoms with van der Waals surface area (Å²) in [5.74, 6) is 1.70. The maximum Gasteiger partial charge on any atom is 0.308 e. The number of nitrogens with zero attached hydrogens (tertiary/aromatic N) is 2. The summed E-state index contributed by atoms with van der Waals surface area (Å²) in [4.78, 5) is 41.7. The maximum absolute atomic E-state index is 13.0. The summed E-state index contributed by atoms with van der Waals surface area (Å²) in [6.45, 7) is 3.85. The lowest BCUT2D eigenvalue weighted by atomic mass is 9.49. The number of ether oxygens (including phenoxy) is 1. The highest BCUT2D eigenvalue weighted by atomic mass is 16.5. The molecule has 6 rings (SSSR count). The van der Waals surface area contributed by atoms with Crippen LogP contribution in [0.2, 0.25) is 0 Å². The van der Waals surface area contributed by atoms with Gasteiger partial charge in [-0.15, -0.1) is 0 Å². The summed E-state index contributed by atoms with van der Waals surface area (Å²) in [5.41, 5.74) is 1.07. The molecule has 184 valence electrons. The normalized spacial score (nSPS) is 30.2. The van der Waals surface area contributed by atoms with Crippen LogP contribution >= 0.6 is 0 Å². The predicted molar refractivity (Wildman–Crippen MR) is 127 cm³/mol. The Hall–Kier alpha value is -2.41. The third-order valence-electron chi connectivity index (χ3n) is 8.47. The molecule has 4 aliphatic carbocycles. The van der Waals surface area contributed by atoms with Crippen LogP contribution in [0.15, 0.2) is 30.3 Å². The lowest BCUT2D eigenvalue weighted by molar-refractivity contribution is -0.153. The van der Waals surface area contributed by atoms with E-state index >= 15 is 0 Å². The van der Waals surface area contributed by atoms with Gasteiger partial charge in [-0.2, -0.15) is 0 Å². The van der Waals surface area contributed by atoms with Gasteiger partial charge in [0.15, 0.2) is 6.61 Å². The molecule has 34 heavy (non-hydrogen) atoms. The van der Waals surface area contributed by atoms with Crippen LogP contribution in [-0.4, -0.2) is 66.9 Å². The van der Waals surface area contributed by atoms with Crippen molar-refractivity contribution in [2.24, 2.45) is 23.2 Å². The number of carbonyl (C=O) groups is 3. The van der Waals surface area contributed by atoms with Gasteiger partial charge in [0.2, 0.25) is 5.91 Å². The Bertz CT molecular complexity index is 859. The first-order valence-electron chi connectivity index (χ1n) is 13.0. The Morgan fingerprint density at radius 2 is 1.53 bits per heavy atom. The quantitative estimate of drug-likeness (QED) is 0.595. The van der Waals surface area contributed by atoms with Crippen molar-refractivity contribution < 1.29 is 19.1 Å². The highest BCUT2D eigenvalue weighted by Gasteiger charge is 2.54. The highest BCUT2D eigenvalue weighted by molar-refractivity contribution is 5.84. The predicted octanol–water partition coefficient (Wildman–Crippen LogP) is 2.60. The van der Waals surface area contributed by atoms with Gasteiger partial charge in [0.1, 0.15) is 0 Å². The van der Waals surface area contributed by atoms with Gasteiger partial charge in [-0.1, -0.05) is 30.3 Å². The van der Waals surface area contributed by atoms with Gasteiger partial charge in [0.05, 0.1) is 6.42 Å². The molecule has 7 nitrogen and oxygen atoms in total. The second-order valence-corrected chi connectivity index (χ2v) is 11.0. The molecule has 2 amide bonds. The monoisotopic (exact) mass is 467 g/mol. The summed E-state index contributed by atoms with van der Waals surface area (Å²) >= 11 is 0. The SMILES string of the molecule is O=C(CCNC(=O)C12CC3CC(CC(C3)C1)C2)OCC(=O)N1CCN(Cc2ccccc2)CC1. The lowest BCUT2D eigenvalue weighted by Gasteiger charge is -2.55. The second-order valence-electron chi connectivity index (χ2n) is 11.0. The van der Waals surface area contributed by atoms with Gasteiger partial charge in [0, 0.05) is 44.7 Å². The van der Waals surface area contributed by atoms with Crippen molar-refractivity contribution in [3.05, 3.63) is 35.9 Å². The minimum atomic E-state index is -0.429. The molecule has 4 saturated carbocycles. The minimum Gasteiger partial charge on any atom is -0.456 e. The molecule has 0 spiro atoms. The highest BCUT2D eigenvalue weighted by Crippen LogP contribution is 2.60. The number of piperazine rings is 1. The fraction of sp³-hybridized carbons (Fsp3) is 0.667. The van der Waals surface area contributed by atoms with Gasteiger partial charge in [-0.05, 0) is 61.8 Å². The van der Waals surface area contributed by atoms with Gasteiger partial charge < -0.3 is 15.0 Å². The first-order chi connectivity index (χ1) is 16.5. The molecule has 7 heteroatoms. The standard InChI is InChI=1S/C27H37N3O4/c31-24(30-10-8-29(9-11-30)18-20-4-2-1-3-5-20)19-34-25(32)6-7-28-26(33)27-15-21-12-22(16-27)14-23(13-21)17-27/h1-5,21-23H,6-19H2,(H,28,33). The van der Waals surface area contributed by atoms with Gasteiger partial charge in [0.25, 0.3) is 5.91 Å².